The van der Waals surface area contributed by atoms with Crippen molar-refractivity contribution in [2.24, 2.45) is 5.84 Å². The summed E-state index contributed by atoms with van der Waals surface area (Å²) in [5.41, 5.74) is 2.28. The van der Waals surface area contributed by atoms with Crippen molar-refractivity contribution in [3.8, 4) is 0 Å². The van der Waals surface area contributed by atoms with Gasteiger partial charge in [-0.3, -0.25) is 16.1 Å². The lowest BCUT2D eigenvalue weighted by atomic mass is 10.8. The summed E-state index contributed by atoms with van der Waals surface area (Å²) in [7, 11) is 1.54. The molecule has 42 valence electrons. The Bertz CT molecular complexity index is 70.6. The third-order valence-corrected chi connectivity index (χ3v) is 0.334. The molecule has 0 aliphatic carbocycles. The highest BCUT2D eigenvalue weighted by atomic mass is 16.2. The van der Waals surface area contributed by atoms with Crippen LogP contribution >= 0.6 is 0 Å². The number of hydrogen-bond acceptors (Lipinski definition) is 3. The van der Waals surface area contributed by atoms with Crippen LogP contribution in [0.3, 0.4) is 0 Å². The molecule has 0 unspecified atom stereocenters. The van der Waals surface area contributed by atoms with Crippen LogP contribution in [0.1, 0.15) is 6.92 Å². The monoisotopic (exact) mass is 103 g/mol. The number of carbonyl (C=O) groups is 1. The first-order valence-electron chi connectivity index (χ1n) is 1.88. The predicted molar refractivity (Wildman–Crippen MR) is 25.8 cm³/mol. The van der Waals surface area contributed by atoms with E-state index >= 15 is 0 Å². The topological polar surface area (TPSA) is 58.4 Å². The number of amides is 1. The molecule has 0 aliphatic heterocycles. The van der Waals surface area contributed by atoms with Gasteiger partial charge in [-0.15, -0.1) is 0 Å². The van der Waals surface area contributed by atoms with Crippen LogP contribution in [-0.2, 0) is 4.79 Å². The van der Waals surface area contributed by atoms with E-state index in [1.807, 2.05) is 0 Å². The molecule has 0 aromatic heterocycles. The molecule has 0 heterocycles. The van der Waals surface area contributed by atoms with E-state index in [4.69, 9.17) is 5.84 Å². The van der Waals surface area contributed by atoms with Gasteiger partial charge >= 0.3 is 0 Å². The molecule has 7 heavy (non-hydrogen) atoms. The second kappa shape index (κ2) is 2.54. The number of rotatable bonds is 1. The van der Waals surface area contributed by atoms with Crippen molar-refractivity contribution >= 4 is 5.91 Å². The summed E-state index contributed by atoms with van der Waals surface area (Å²) in [6, 6.07) is 0. The van der Waals surface area contributed by atoms with E-state index in [9.17, 15) is 4.79 Å². The van der Waals surface area contributed by atoms with Gasteiger partial charge in [-0.05, 0) is 0 Å². The van der Waals surface area contributed by atoms with Gasteiger partial charge < -0.3 is 0 Å². The highest BCUT2D eigenvalue weighted by Crippen LogP contribution is 1.56. The lowest BCUT2D eigenvalue weighted by molar-refractivity contribution is -0.123. The second-order valence-corrected chi connectivity index (χ2v) is 1.28. The third-order valence-electron chi connectivity index (χ3n) is 0.334. The number of nitrogens with one attached hydrogen (secondary N) is 1. The smallest absolute Gasteiger partial charge is 0.232 e. The Balaban J connectivity index is 3.13. The third kappa shape index (κ3) is 5.39. The standard InChI is InChI=1S/C3H9N3O/c1-3(7)5-6(2)4/h4H2,1-2H3,(H,5,7). The molecule has 0 radical (unpaired) electrons. The fourth-order valence-electron chi connectivity index (χ4n) is 0.248. The van der Waals surface area contributed by atoms with Crippen molar-refractivity contribution in [1.29, 1.82) is 0 Å². The van der Waals surface area contributed by atoms with Crippen LogP contribution in [0.4, 0.5) is 0 Å². The summed E-state index contributed by atoms with van der Waals surface area (Å²) in [5.74, 6) is 4.83. The van der Waals surface area contributed by atoms with Crippen molar-refractivity contribution in [3.63, 3.8) is 0 Å². The molecule has 0 aromatic rings. The van der Waals surface area contributed by atoms with Crippen molar-refractivity contribution < 1.29 is 4.79 Å². The first kappa shape index (κ1) is 6.39. The molecule has 0 saturated heterocycles. The number of nitrogens with two attached hydrogens (primary N) is 1. The van der Waals surface area contributed by atoms with Gasteiger partial charge in [0.25, 0.3) is 0 Å². The molecule has 0 aromatic carbocycles. The molecule has 4 heteroatoms. The summed E-state index contributed by atoms with van der Waals surface area (Å²) >= 11 is 0. The molecular weight excluding hydrogens is 94.1 g/mol. The van der Waals surface area contributed by atoms with E-state index in [2.05, 4.69) is 5.43 Å². The SMILES string of the molecule is CC(=O)NN(C)N. The Hall–Kier alpha value is -0.610. The van der Waals surface area contributed by atoms with E-state index in [1.54, 1.807) is 7.05 Å². The molecule has 0 spiro atoms. The van der Waals surface area contributed by atoms with Crippen LogP contribution in [0, 0.1) is 0 Å². The maximum Gasteiger partial charge on any atom is 0.232 e. The van der Waals surface area contributed by atoms with Crippen molar-refractivity contribution in [1.82, 2.24) is 10.5 Å². The first-order valence-corrected chi connectivity index (χ1v) is 1.88. The fourth-order valence-corrected chi connectivity index (χ4v) is 0.248. The van der Waals surface area contributed by atoms with Crippen molar-refractivity contribution in [3.05, 3.63) is 0 Å². The van der Waals surface area contributed by atoms with E-state index in [0.29, 0.717) is 0 Å². The van der Waals surface area contributed by atoms with Gasteiger partial charge in [-0.1, -0.05) is 0 Å². The van der Waals surface area contributed by atoms with Crippen LogP contribution in [0.2, 0.25) is 0 Å². The van der Waals surface area contributed by atoms with E-state index in [1.165, 1.54) is 6.92 Å². The zero-order chi connectivity index (χ0) is 5.86. The summed E-state index contributed by atoms with van der Waals surface area (Å²) in [4.78, 5) is 10.0. The minimum absolute atomic E-state index is 0.162. The van der Waals surface area contributed by atoms with E-state index in [-0.39, 0.29) is 5.91 Å². The minimum Gasteiger partial charge on any atom is -0.276 e. The maximum absolute atomic E-state index is 10.0. The molecule has 0 rings (SSSR count). The number of carbonyl (C=O) groups excluding carboxylic acids is 1. The molecule has 4 nitrogen and oxygen atoms in total. The molecule has 0 bridgehead atoms. The average molecular weight is 103 g/mol. The summed E-state index contributed by atoms with van der Waals surface area (Å²) < 4.78 is 0. The van der Waals surface area contributed by atoms with Gasteiger partial charge in [0.05, 0.1) is 0 Å². The lowest BCUT2D eigenvalue weighted by Gasteiger charge is -2.07. The van der Waals surface area contributed by atoms with Gasteiger partial charge in [0, 0.05) is 14.0 Å². The van der Waals surface area contributed by atoms with E-state index < -0.39 is 0 Å². The number of nitrogens with zero attached hydrogens (tertiary/aromatic N) is 1. The molecule has 0 saturated carbocycles. The van der Waals surface area contributed by atoms with Gasteiger partial charge in [0.2, 0.25) is 5.91 Å². The zero-order valence-corrected chi connectivity index (χ0v) is 4.43. The Labute approximate surface area is 42.2 Å². The Morgan fingerprint density at radius 3 is 2.29 bits per heavy atom. The maximum atomic E-state index is 10.0. The molecular formula is C3H9N3O. The Morgan fingerprint density at radius 1 is 1.86 bits per heavy atom. The van der Waals surface area contributed by atoms with Gasteiger partial charge in [0.15, 0.2) is 0 Å². The van der Waals surface area contributed by atoms with Crippen LogP contribution in [0.5, 0.6) is 0 Å². The highest BCUT2D eigenvalue weighted by Gasteiger charge is 1.87. The van der Waals surface area contributed by atoms with Crippen molar-refractivity contribution in [2.45, 2.75) is 6.92 Å². The fraction of sp³-hybridized carbons (Fsp3) is 0.667. The minimum atomic E-state index is -0.162. The van der Waals surface area contributed by atoms with Crippen LogP contribution in [-0.4, -0.2) is 18.1 Å². The quantitative estimate of drug-likeness (QED) is 0.325. The summed E-state index contributed by atoms with van der Waals surface area (Å²) in [6.45, 7) is 1.39. The van der Waals surface area contributed by atoms with Gasteiger partial charge in [-0.2, -0.15) is 5.12 Å². The molecule has 0 atom stereocenters. The second-order valence-electron chi connectivity index (χ2n) is 1.28. The average Bonchev–Trinajstić information content (AvgIpc) is 1.27. The zero-order valence-electron chi connectivity index (χ0n) is 4.43. The predicted octanol–water partition coefficient (Wildman–Crippen LogP) is -1.16. The van der Waals surface area contributed by atoms with E-state index in [0.717, 1.165) is 5.12 Å². The first-order chi connectivity index (χ1) is 3.13. The Morgan fingerprint density at radius 2 is 2.29 bits per heavy atom. The van der Waals surface area contributed by atoms with Crippen molar-refractivity contribution in [2.75, 3.05) is 7.05 Å². The summed E-state index contributed by atoms with van der Waals surface area (Å²) in [5, 5.41) is 1.10. The largest absolute Gasteiger partial charge is 0.276 e. The van der Waals surface area contributed by atoms with Crippen LogP contribution in [0.15, 0.2) is 0 Å². The van der Waals surface area contributed by atoms with Crippen LogP contribution in [0.25, 0.3) is 0 Å². The molecule has 0 aliphatic rings. The van der Waals surface area contributed by atoms with Gasteiger partial charge in [-0.25, -0.2) is 0 Å². The highest BCUT2D eigenvalue weighted by molar-refractivity contribution is 5.72. The normalized spacial score (nSPS) is 9.14. The number of hydrogen-bond donors (Lipinski definition) is 2. The lowest BCUT2D eigenvalue weighted by Crippen LogP contribution is -2.42. The molecule has 3 N–H and O–H groups in total. The van der Waals surface area contributed by atoms with Gasteiger partial charge in [0.1, 0.15) is 0 Å². The summed E-state index contributed by atoms with van der Waals surface area (Å²) in [6.07, 6.45) is 0. The molecule has 0 fully saturated rings. The molecule has 1 amide bonds. The Kier molecular flexibility index (Phi) is 2.32. The van der Waals surface area contributed by atoms with Crippen LogP contribution < -0.4 is 11.3 Å². The number of hydrazine groups is 2.